The van der Waals surface area contributed by atoms with E-state index in [-0.39, 0.29) is 0 Å². The zero-order valence-corrected chi connectivity index (χ0v) is 12.7. The van der Waals surface area contributed by atoms with Crippen LogP contribution in [-0.4, -0.2) is 20.5 Å². The van der Waals surface area contributed by atoms with E-state index >= 15 is 0 Å². The summed E-state index contributed by atoms with van der Waals surface area (Å²) in [6.07, 6.45) is 2.61. The van der Waals surface area contributed by atoms with Crippen LogP contribution in [0.4, 0.5) is 0 Å². The standard InChI is InChI=1S/C16H17N3OS/c1-2-21-16-18-17-15(14-9-6-12-20-14)19(16)11-10-13-7-4-3-5-8-13/h3-9,12H,2,10-11H2,1H3. The molecule has 2 heterocycles. The minimum absolute atomic E-state index is 0.763. The van der Waals surface area contributed by atoms with E-state index in [9.17, 15) is 0 Å². The van der Waals surface area contributed by atoms with Crippen molar-refractivity contribution in [3.8, 4) is 11.6 Å². The molecule has 21 heavy (non-hydrogen) atoms. The van der Waals surface area contributed by atoms with Crippen LogP contribution in [0, 0.1) is 0 Å². The van der Waals surface area contributed by atoms with E-state index in [2.05, 4.69) is 46.0 Å². The largest absolute Gasteiger partial charge is 0.461 e. The summed E-state index contributed by atoms with van der Waals surface area (Å²) in [6.45, 7) is 2.96. The van der Waals surface area contributed by atoms with Gasteiger partial charge in [0.2, 0.25) is 0 Å². The lowest BCUT2D eigenvalue weighted by molar-refractivity contribution is 0.561. The van der Waals surface area contributed by atoms with Crippen molar-refractivity contribution < 1.29 is 4.42 Å². The zero-order valence-electron chi connectivity index (χ0n) is 11.9. The molecule has 0 fully saturated rings. The molecule has 2 aromatic heterocycles. The molecule has 0 radical (unpaired) electrons. The Morgan fingerprint density at radius 1 is 1.10 bits per heavy atom. The first-order valence-electron chi connectivity index (χ1n) is 7.02. The summed E-state index contributed by atoms with van der Waals surface area (Å²) in [5, 5.41) is 9.52. The predicted octanol–water partition coefficient (Wildman–Crippen LogP) is 3.89. The van der Waals surface area contributed by atoms with Gasteiger partial charge in [0.05, 0.1) is 6.26 Å². The Balaban J connectivity index is 1.86. The quantitative estimate of drug-likeness (QED) is 0.648. The summed E-state index contributed by atoms with van der Waals surface area (Å²) in [4.78, 5) is 0. The first kappa shape index (κ1) is 13.9. The lowest BCUT2D eigenvalue weighted by Gasteiger charge is -2.08. The summed E-state index contributed by atoms with van der Waals surface area (Å²) in [6, 6.07) is 14.2. The second-order valence-corrected chi connectivity index (χ2v) is 5.83. The highest BCUT2D eigenvalue weighted by molar-refractivity contribution is 7.99. The number of aromatic nitrogens is 3. The van der Waals surface area contributed by atoms with Crippen LogP contribution < -0.4 is 0 Å². The van der Waals surface area contributed by atoms with Gasteiger partial charge in [-0.1, -0.05) is 49.0 Å². The maximum absolute atomic E-state index is 5.47. The molecule has 3 aromatic rings. The van der Waals surface area contributed by atoms with Crippen LogP contribution in [0.3, 0.4) is 0 Å². The van der Waals surface area contributed by atoms with Crippen LogP contribution in [0.5, 0.6) is 0 Å². The number of rotatable bonds is 6. The summed E-state index contributed by atoms with van der Waals surface area (Å²) < 4.78 is 7.61. The second-order valence-electron chi connectivity index (χ2n) is 4.60. The van der Waals surface area contributed by atoms with Crippen LogP contribution in [0.25, 0.3) is 11.6 Å². The molecule has 0 aliphatic carbocycles. The van der Waals surface area contributed by atoms with Crippen molar-refractivity contribution in [2.45, 2.75) is 25.0 Å². The third kappa shape index (κ3) is 3.19. The van der Waals surface area contributed by atoms with Gasteiger partial charge in [0.25, 0.3) is 0 Å². The Kier molecular flexibility index (Phi) is 4.40. The first-order valence-corrected chi connectivity index (χ1v) is 8.01. The van der Waals surface area contributed by atoms with Gasteiger partial charge in [-0.05, 0) is 29.9 Å². The molecule has 108 valence electrons. The molecule has 0 atom stereocenters. The number of nitrogens with zero attached hydrogens (tertiary/aromatic N) is 3. The molecule has 0 bridgehead atoms. The maximum atomic E-state index is 5.47. The summed E-state index contributed by atoms with van der Waals surface area (Å²) in [5.41, 5.74) is 1.31. The molecular formula is C16H17N3OS. The van der Waals surface area contributed by atoms with Gasteiger partial charge >= 0.3 is 0 Å². The lowest BCUT2D eigenvalue weighted by atomic mass is 10.1. The third-order valence-corrected chi connectivity index (χ3v) is 4.05. The van der Waals surface area contributed by atoms with Crippen LogP contribution in [-0.2, 0) is 13.0 Å². The lowest BCUT2D eigenvalue weighted by Crippen LogP contribution is -2.05. The molecule has 0 saturated carbocycles. The van der Waals surface area contributed by atoms with Crippen LogP contribution in [0.2, 0.25) is 0 Å². The van der Waals surface area contributed by atoms with Gasteiger partial charge in [-0.2, -0.15) is 0 Å². The maximum Gasteiger partial charge on any atom is 0.200 e. The first-order chi connectivity index (χ1) is 10.4. The number of thioether (sulfide) groups is 1. The molecule has 0 unspecified atom stereocenters. The fourth-order valence-electron chi connectivity index (χ4n) is 2.20. The van der Waals surface area contributed by atoms with E-state index in [1.807, 2.05) is 18.2 Å². The summed E-state index contributed by atoms with van der Waals surface area (Å²) >= 11 is 1.70. The van der Waals surface area contributed by atoms with E-state index in [1.165, 1.54) is 5.56 Å². The van der Waals surface area contributed by atoms with E-state index < -0.39 is 0 Å². The normalized spacial score (nSPS) is 10.9. The van der Waals surface area contributed by atoms with Crippen molar-refractivity contribution in [2.24, 2.45) is 0 Å². The minimum atomic E-state index is 0.763. The monoisotopic (exact) mass is 299 g/mol. The molecule has 0 aliphatic heterocycles. The molecule has 5 heteroatoms. The minimum Gasteiger partial charge on any atom is -0.461 e. The van der Waals surface area contributed by atoms with Gasteiger partial charge in [-0.15, -0.1) is 10.2 Å². The number of hydrogen-bond donors (Lipinski definition) is 0. The average Bonchev–Trinajstić information content (AvgIpc) is 3.16. The SMILES string of the molecule is CCSc1nnc(-c2ccco2)n1CCc1ccccc1. The van der Waals surface area contributed by atoms with Gasteiger partial charge < -0.3 is 4.42 Å². The predicted molar refractivity (Wildman–Crippen MR) is 84.3 cm³/mol. The van der Waals surface area contributed by atoms with Crippen molar-refractivity contribution in [1.82, 2.24) is 14.8 Å². The summed E-state index contributed by atoms with van der Waals surface area (Å²) in [5.74, 6) is 2.53. The topological polar surface area (TPSA) is 43.9 Å². The van der Waals surface area contributed by atoms with Crippen LogP contribution >= 0.6 is 11.8 Å². The van der Waals surface area contributed by atoms with Crippen molar-refractivity contribution in [2.75, 3.05) is 5.75 Å². The van der Waals surface area contributed by atoms with Gasteiger partial charge in [0, 0.05) is 6.54 Å². The Morgan fingerprint density at radius 2 is 1.95 bits per heavy atom. The molecule has 4 nitrogen and oxygen atoms in total. The molecule has 0 N–H and O–H groups in total. The Bertz CT molecular complexity index is 677. The fraction of sp³-hybridized carbons (Fsp3) is 0.250. The molecule has 0 spiro atoms. The van der Waals surface area contributed by atoms with Crippen molar-refractivity contribution >= 4 is 11.8 Å². The van der Waals surface area contributed by atoms with Gasteiger partial charge in [-0.25, -0.2) is 0 Å². The zero-order chi connectivity index (χ0) is 14.5. The Morgan fingerprint density at radius 3 is 2.67 bits per heavy atom. The number of furan rings is 1. The fourth-order valence-corrected chi connectivity index (χ4v) is 2.89. The second kappa shape index (κ2) is 6.63. The average molecular weight is 299 g/mol. The highest BCUT2D eigenvalue weighted by atomic mass is 32.2. The highest BCUT2D eigenvalue weighted by Crippen LogP contribution is 2.24. The highest BCUT2D eigenvalue weighted by Gasteiger charge is 2.15. The van der Waals surface area contributed by atoms with Gasteiger partial charge in [0.1, 0.15) is 0 Å². The molecule has 1 aromatic carbocycles. The van der Waals surface area contributed by atoms with E-state index in [4.69, 9.17) is 4.42 Å². The molecular weight excluding hydrogens is 282 g/mol. The van der Waals surface area contributed by atoms with Gasteiger partial charge in [0.15, 0.2) is 16.7 Å². The number of aryl methyl sites for hydroxylation is 1. The number of benzene rings is 1. The van der Waals surface area contributed by atoms with Crippen molar-refractivity contribution in [1.29, 1.82) is 0 Å². The molecule has 3 rings (SSSR count). The van der Waals surface area contributed by atoms with Gasteiger partial charge in [-0.3, -0.25) is 4.57 Å². The summed E-state index contributed by atoms with van der Waals surface area (Å²) in [7, 11) is 0. The van der Waals surface area contributed by atoms with Crippen molar-refractivity contribution in [3.05, 3.63) is 54.3 Å². The molecule has 0 saturated heterocycles. The van der Waals surface area contributed by atoms with E-state index in [0.717, 1.165) is 35.5 Å². The van der Waals surface area contributed by atoms with Crippen molar-refractivity contribution in [3.63, 3.8) is 0 Å². The third-order valence-electron chi connectivity index (χ3n) is 3.20. The number of hydrogen-bond acceptors (Lipinski definition) is 4. The van der Waals surface area contributed by atoms with Crippen LogP contribution in [0.1, 0.15) is 12.5 Å². The Hall–Kier alpha value is -2.01. The molecule has 0 aliphatic rings. The smallest absolute Gasteiger partial charge is 0.200 e. The van der Waals surface area contributed by atoms with E-state index in [1.54, 1.807) is 18.0 Å². The van der Waals surface area contributed by atoms with Crippen LogP contribution in [0.15, 0.2) is 58.3 Å². The molecule has 0 amide bonds. The van der Waals surface area contributed by atoms with E-state index in [0.29, 0.717) is 0 Å². The Labute approximate surface area is 128 Å².